The van der Waals surface area contributed by atoms with Crippen molar-refractivity contribution < 1.29 is 9.59 Å². The number of nitrogens with zero attached hydrogens (tertiary/aromatic N) is 1. The molecule has 0 radical (unpaired) electrons. The monoisotopic (exact) mass is 392 g/mol. The average Bonchev–Trinajstić information content (AvgIpc) is 2.67. The van der Waals surface area contributed by atoms with Gasteiger partial charge in [0.2, 0.25) is 5.91 Å². The number of fused-ring (bicyclic) bond motifs is 1. The highest BCUT2D eigenvalue weighted by Gasteiger charge is 2.33. The Labute approximate surface area is 171 Å². The summed E-state index contributed by atoms with van der Waals surface area (Å²) in [6.45, 7) is 7.21. The van der Waals surface area contributed by atoms with Gasteiger partial charge in [-0.3, -0.25) is 4.79 Å². The molecule has 0 saturated carbocycles. The largest absolute Gasteiger partial charge is 0.338 e. The fourth-order valence-corrected chi connectivity index (χ4v) is 3.99. The van der Waals surface area contributed by atoms with Crippen molar-refractivity contribution in [1.29, 1.82) is 0 Å². The van der Waals surface area contributed by atoms with Crippen molar-refractivity contribution in [3.63, 3.8) is 0 Å². The normalized spacial score (nSPS) is 17.1. The first kappa shape index (κ1) is 19.5. The van der Waals surface area contributed by atoms with Gasteiger partial charge in [-0.1, -0.05) is 36.8 Å². The number of carbonyl (C=O) groups is 2. The van der Waals surface area contributed by atoms with Gasteiger partial charge < -0.3 is 20.9 Å². The fraction of sp³-hybridized carbons (Fsp3) is 0.391. The standard InChI is InChI=1S/C23H28N4O2/c1-15-6-8-19(9-7-15)25-23(29)26-21-5-3-4-17-14-27(11-10-20(17)21)22(28)16(2)18-12-24-13-18/h3-9,16,18,24H,10-14H2,1-2H3,(H2,25,26,29). The summed E-state index contributed by atoms with van der Waals surface area (Å²) in [5.74, 6) is 0.736. The van der Waals surface area contributed by atoms with Crippen LogP contribution in [0, 0.1) is 18.8 Å². The molecule has 2 aliphatic rings. The summed E-state index contributed by atoms with van der Waals surface area (Å²) in [5.41, 5.74) is 4.95. The molecule has 152 valence electrons. The number of aryl methyl sites for hydroxylation is 1. The second-order valence-corrected chi connectivity index (χ2v) is 8.11. The predicted molar refractivity (Wildman–Crippen MR) is 115 cm³/mol. The number of urea groups is 1. The van der Waals surface area contributed by atoms with Crippen LogP contribution < -0.4 is 16.0 Å². The smallest absolute Gasteiger partial charge is 0.323 e. The molecule has 6 nitrogen and oxygen atoms in total. The summed E-state index contributed by atoms with van der Waals surface area (Å²) in [7, 11) is 0. The molecule has 1 fully saturated rings. The number of anilines is 2. The van der Waals surface area contributed by atoms with Crippen LogP contribution in [0.3, 0.4) is 0 Å². The Morgan fingerprint density at radius 2 is 1.86 bits per heavy atom. The van der Waals surface area contributed by atoms with Gasteiger partial charge in [0.15, 0.2) is 0 Å². The van der Waals surface area contributed by atoms with Crippen LogP contribution in [-0.2, 0) is 17.8 Å². The van der Waals surface area contributed by atoms with Crippen LogP contribution in [0.4, 0.5) is 16.2 Å². The summed E-state index contributed by atoms with van der Waals surface area (Å²) in [6.07, 6.45) is 0.748. The lowest BCUT2D eigenvalue weighted by molar-refractivity contribution is -0.138. The first-order chi connectivity index (χ1) is 14.0. The molecule has 29 heavy (non-hydrogen) atoms. The lowest BCUT2D eigenvalue weighted by Gasteiger charge is -2.37. The molecule has 1 atom stereocenters. The third kappa shape index (κ3) is 4.27. The summed E-state index contributed by atoms with van der Waals surface area (Å²) in [6, 6.07) is 13.4. The molecule has 1 unspecified atom stereocenters. The van der Waals surface area contributed by atoms with Gasteiger partial charge in [0, 0.05) is 30.4 Å². The fourth-order valence-electron chi connectivity index (χ4n) is 3.99. The maximum Gasteiger partial charge on any atom is 0.323 e. The number of hydrogen-bond donors (Lipinski definition) is 3. The van der Waals surface area contributed by atoms with Crippen LogP contribution in [0.5, 0.6) is 0 Å². The number of carbonyl (C=O) groups excluding carboxylic acids is 2. The first-order valence-electron chi connectivity index (χ1n) is 10.3. The van der Waals surface area contributed by atoms with Crippen LogP contribution >= 0.6 is 0 Å². The maximum atomic E-state index is 12.9. The quantitative estimate of drug-likeness (QED) is 0.747. The SMILES string of the molecule is Cc1ccc(NC(=O)Nc2cccc3c2CCN(C(=O)C(C)C2CNC2)C3)cc1. The van der Waals surface area contributed by atoms with Crippen molar-refractivity contribution in [3.8, 4) is 0 Å². The van der Waals surface area contributed by atoms with Crippen molar-refractivity contribution in [2.45, 2.75) is 26.8 Å². The van der Waals surface area contributed by atoms with Gasteiger partial charge in [-0.2, -0.15) is 0 Å². The van der Waals surface area contributed by atoms with Crippen molar-refractivity contribution >= 4 is 23.3 Å². The van der Waals surface area contributed by atoms with E-state index in [4.69, 9.17) is 0 Å². The second kappa shape index (κ2) is 8.25. The third-order valence-electron chi connectivity index (χ3n) is 6.04. The maximum absolute atomic E-state index is 12.9. The highest BCUT2D eigenvalue weighted by molar-refractivity contribution is 6.00. The zero-order valence-electron chi connectivity index (χ0n) is 17.0. The molecule has 2 aliphatic heterocycles. The van der Waals surface area contributed by atoms with Crippen LogP contribution in [-0.4, -0.2) is 36.5 Å². The Kier molecular flexibility index (Phi) is 5.53. The van der Waals surface area contributed by atoms with Crippen molar-refractivity contribution in [2.24, 2.45) is 11.8 Å². The predicted octanol–water partition coefficient (Wildman–Crippen LogP) is 3.38. The molecule has 0 spiro atoms. The topological polar surface area (TPSA) is 73.5 Å². The Hall–Kier alpha value is -2.86. The molecular formula is C23H28N4O2. The van der Waals surface area contributed by atoms with E-state index in [0.717, 1.165) is 47.6 Å². The highest BCUT2D eigenvalue weighted by Crippen LogP contribution is 2.28. The van der Waals surface area contributed by atoms with Gasteiger partial charge in [-0.15, -0.1) is 0 Å². The molecule has 3 amide bonds. The van der Waals surface area contributed by atoms with Crippen LogP contribution in [0.25, 0.3) is 0 Å². The van der Waals surface area contributed by atoms with E-state index in [1.165, 1.54) is 0 Å². The highest BCUT2D eigenvalue weighted by atomic mass is 16.2. The number of amides is 3. The Morgan fingerprint density at radius 3 is 2.55 bits per heavy atom. The van der Waals surface area contributed by atoms with Crippen LogP contribution in [0.1, 0.15) is 23.6 Å². The van der Waals surface area contributed by atoms with Crippen molar-refractivity contribution in [2.75, 3.05) is 30.3 Å². The van der Waals surface area contributed by atoms with Gasteiger partial charge in [0.05, 0.1) is 0 Å². The zero-order valence-corrected chi connectivity index (χ0v) is 17.0. The van der Waals surface area contributed by atoms with Gasteiger partial charge in [-0.25, -0.2) is 4.79 Å². The minimum Gasteiger partial charge on any atom is -0.338 e. The molecule has 0 aliphatic carbocycles. The first-order valence-corrected chi connectivity index (χ1v) is 10.3. The van der Waals surface area contributed by atoms with Crippen LogP contribution in [0.2, 0.25) is 0 Å². The van der Waals surface area contributed by atoms with Crippen molar-refractivity contribution in [3.05, 3.63) is 59.2 Å². The average molecular weight is 393 g/mol. The molecule has 2 aromatic rings. The second-order valence-electron chi connectivity index (χ2n) is 8.11. The molecule has 0 bridgehead atoms. The summed E-state index contributed by atoms with van der Waals surface area (Å²) < 4.78 is 0. The Balaban J connectivity index is 1.42. The molecular weight excluding hydrogens is 364 g/mol. The number of hydrogen-bond acceptors (Lipinski definition) is 3. The minimum atomic E-state index is -0.258. The van der Waals surface area contributed by atoms with Gasteiger partial charge in [-0.05, 0) is 61.7 Å². The molecule has 2 aromatic carbocycles. The third-order valence-corrected chi connectivity index (χ3v) is 6.04. The van der Waals surface area contributed by atoms with E-state index in [-0.39, 0.29) is 17.9 Å². The number of benzene rings is 2. The Bertz CT molecular complexity index is 906. The molecule has 2 heterocycles. The molecule has 3 N–H and O–H groups in total. The van der Waals surface area contributed by atoms with E-state index < -0.39 is 0 Å². The summed E-state index contributed by atoms with van der Waals surface area (Å²) >= 11 is 0. The van der Waals surface area contributed by atoms with E-state index in [9.17, 15) is 9.59 Å². The minimum absolute atomic E-state index is 0.0550. The van der Waals surface area contributed by atoms with Gasteiger partial charge in [0.25, 0.3) is 0 Å². The van der Waals surface area contributed by atoms with E-state index in [2.05, 4.69) is 16.0 Å². The molecule has 0 aromatic heterocycles. The molecule has 6 heteroatoms. The number of rotatable bonds is 4. The summed E-state index contributed by atoms with van der Waals surface area (Å²) in [5, 5.41) is 9.09. The lowest BCUT2D eigenvalue weighted by Crippen LogP contribution is -2.51. The lowest BCUT2D eigenvalue weighted by atomic mass is 9.87. The van der Waals surface area contributed by atoms with Gasteiger partial charge >= 0.3 is 6.03 Å². The molecule has 1 saturated heterocycles. The van der Waals surface area contributed by atoms with E-state index in [1.807, 2.05) is 61.2 Å². The van der Waals surface area contributed by atoms with Crippen molar-refractivity contribution in [1.82, 2.24) is 10.2 Å². The van der Waals surface area contributed by atoms with Crippen LogP contribution in [0.15, 0.2) is 42.5 Å². The van der Waals surface area contributed by atoms with Gasteiger partial charge in [0.1, 0.15) is 0 Å². The number of nitrogens with one attached hydrogen (secondary N) is 3. The Morgan fingerprint density at radius 1 is 1.10 bits per heavy atom. The van der Waals surface area contributed by atoms with E-state index >= 15 is 0 Å². The summed E-state index contributed by atoms with van der Waals surface area (Å²) in [4.78, 5) is 27.2. The van der Waals surface area contributed by atoms with E-state index in [0.29, 0.717) is 19.0 Å². The zero-order chi connectivity index (χ0) is 20.4. The van der Waals surface area contributed by atoms with E-state index in [1.54, 1.807) is 0 Å². The molecule has 4 rings (SSSR count).